The number of methoxy groups -OCH3 is 2. The van der Waals surface area contributed by atoms with E-state index in [0.717, 1.165) is 16.1 Å². The van der Waals surface area contributed by atoms with Gasteiger partial charge in [-0.25, -0.2) is 8.42 Å². The highest BCUT2D eigenvalue weighted by molar-refractivity contribution is 7.92. The Hall–Kier alpha value is -3.27. The predicted octanol–water partition coefficient (Wildman–Crippen LogP) is 2.45. The molecule has 1 N–H and O–H groups in total. The molecule has 2 rings (SSSR count). The van der Waals surface area contributed by atoms with Crippen molar-refractivity contribution in [3.63, 3.8) is 0 Å². The molecule has 2 aromatic rings. The van der Waals surface area contributed by atoms with E-state index in [-0.39, 0.29) is 24.2 Å². The van der Waals surface area contributed by atoms with Crippen molar-refractivity contribution >= 4 is 27.5 Å². The Morgan fingerprint density at radius 3 is 2.14 bits per heavy atom. The van der Waals surface area contributed by atoms with E-state index in [1.807, 2.05) is 44.2 Å². The zero-order valence-corrected chi connectivity index (χ0v) is 22.0. The van der Waals surface area contributed by atoms with E-state index in [1.165, 1.54) is 25.2 Å². The van der Waals surface area contributed by atoms with Gasteiger partial charge in [0.15, 0.2) is 11.5 Å². The van der Waals surface area contributed by atoms with Crippen LogP contribution in [0, 0.1) is 0 Å². The summed E-state index contributed by atoms with van der Waals surface area (Å²) >= 11 is 0. The van der Waals surface area contributed by atoms with Gasteiger partial charge in [-0.3, -0.25) is 13.9 Å². The van der Waals surface area contributed by atoms with Gasteiger partial charge in [-0.05, 0) is 44.9 Å². The minimum atomic E-state index is -3.83. The second-order valence-corrected chi connectivity index (χ2v) is 10.4. The third kappa shape index (κ3) is 7.88. The molecule has 0 fully saturated rings. The highest BCUT2D eigenvalue weighted by Crippen LogP contribution is 2.32. The van der Waals surface area contributed by atoms with Crippen LogP contribution in [0.5, 0.6) is 11.5 Å². The van der Waals surface area contributed by atoms with E-state index in [2.05, 4.69) is 5.32 Å². The van der Waals surface area contributed by atoms with Crippen molar-refractivity contribution in [1.29, 1.82) is 0 Å². The molecule has 10 heteroatoms. The number of hydrogen-bond donors (Lipinski definition) is 1. The minimum absolute atomic E-state index is 0.102. The predicted molar refractivity (Wildman–Crippen MR) is 136 cm³/mol. The summed E-state index contributed by atoms with van der Waals surface area (Å²) in [6.07, 6.45) is 1.54. The van der Waals surface area contributed by atoms with Gasteiger partial charge in [0.05, 0.1) is 26.2 Å². The molecule has 0 heterocycles. The molecule has 2 amide bonds. The molecule has 0 aliphatic rings. The Morgan fingerprint density at radius 2 is 1.60 bits per heavy atom. The zero-order valence-electron chi connectivity index (χ0n) is 21.1. The van der Waals surface area contributed by atoms with Gasteiger partial charge in [-0.1, -0.05) is 30.3 Å². The van der Waals surface area contributed by atoms with E-state index in [0.29, 0.717) is 17.9 Å². The average molecular weight is 506 g/mol. The van der Waals surface area contributed by atoms with E-state index in [9.17, 15) is 18.0 Å². The topological polar surface area (TPSA) is 105 Å². The standard InChI is InChI=1S/C25H35N3O6S/c1-18(2)26-25(30)19(3)27(15-14-20-10-8-7-9-11-20)24(29)17-28(35(6,31)32)21-12-13-22(33-4)23(16-21)34-5/h7-13,16,18-19H,14-15,17H2,1-6H3,(H,26,30)/t19-/m0/s1. The Balaban J connectivity index is 2.36. The SMILES string of the molecule is COc1ccc(N(CC(=O)N(CCc2ccccc2)[C@@H](C)C(=O)NC(C)C)S(C)(=O)=O)cc1OC. The largest absolute Gasteiger partial charge is 0.493 e. The van der Waals surface area contributed by atoms with Crippen molar-refractivity contribution in [2.45, 2.75) is 39.3 Å². The molecular formula is C25H35N3O6S. The number of nitrogens with one attached hydrogen (secondary N) is 1. The Morgan fingerprint density at radius 1 is 0.971 bits per heavy atom. The smallest absolute Gasteiger partial charge is 0.244 e. The first kappa shape index (κ1) is 28.0. The van der Waals surface area contributed by atoms with Crippen LogP contribution in [0.2, 0.25) is 0 Å². The lowest BCUT2D eigenvalue weighted by Gasteiger charge is -2.32. The fourth-order valence-electron chi connectivity index (χ4n) is 3.57. The maximum absolute atomic E-state index is 13.5. The van der Waals surface area contributed by atoms with Crippen LogP contribution >= 0.6 is 0 Å². The van der Waals surface area contributed by atoms with Crippen LogP contribution in [-0.4, -0.2) is 70.8 Å². The van der Waals surface area contributed by atoms with Crippen molar-refractivity contribution in [3.8, 4) is 11.5 Å². The van der Waals surface area contributed by atoms with Crippen LogP contribution in [0.4, 0.5) is 5.69 Å². The minimum Gasteiger partial charge on any atom is -0.493 e. The van der Waals surface area contributed by atoms with Gasteiger partial charge in [0.25, 0.3) is 0 Å². The van der Waals surface area contributed by atoms with Crippen LogP contribution in [0.25, 0.3) is 0 Å². The second kappa shape index (κ2) is 12.4. The zero-order chi connectivity index (χ0) is 26.2. The molecule has 2 aromatic carbocycles. The number of anilines is 1. The summed E-state index contributed by atoms with van der Waals surface area (Å²) in [4.78, 5) is 27.7. The maximum atomic E-state index is 13.5. The van der Waals surface area contributed by atoms with Gasteiger partial charge in [0.2, 0.25) is 21.8 Å². The van der Waals surface area contributed by atoms with Crippen LogP contribution in [0.1, 0.15) is 26.3 Å². The number of amides is 2. The summed E-state index contributed by atoms with van der Waals surface area (Å²) in [7, 11) is -0.916. The van der Waals surface area contributed by atoms with Crippen LogP contribution in [0.15, 0.2) is 48.5 Å². The summed E-state index contributed by atoms with van der Waals surface area (Å²) in [5.74, 6) is -0.0396. The molecule has 1 atom stereocenters. The first-order valence-electron chi connectivity index (χ1n) is 11.3. The van der Waals surface area contributed by atoms with Crippen molar-refractivity contribution in [1.82, 2.24) is 10.2 Å². The summed E-state index contributed by atoms with van der Waals surface area (Å²) < 4.78 is 36.9. The summed E-state index contributed by atoms with van der Waals surface area (Å²) in [6, 6.07) is 13.3. The number of hydrogen-bond acceptors (Lipinski definition) is 6. The molecule has 9 nitrogen and oxygen atoms in total. The Bertz CT molecular complexity index is 1110. The molecule has 0 aliphatic carbocycles. The number of ether oxygens (including phenoxy) is 2. The van der Waals surface area contributed by atoms with Crippen molar-refractivity contribution in [3.05, 3.63) is 54.1 Å². The molecule has 0 aliphatic heterocycles. The van der Waals surface area contributed by atoms with Gasteiger partial charge in [0, 0.05) is 18.7 Å². The average Bonchev–Trinajstić information content (AvgIpc) is 2.81. The Kier molecular flexibility index (Phi) is 9.94. The highest BCUT2D eigenvalue weighted by Gasteiger charge is 2.30. The van der Waals surface area contributed by atoms with Gasteiger partial charge < -0.3 is 19.7 Å². The number of carbonyl (C=O) groups is 2. The number of nitrogens with zero attached hydrogens (tertiary/aromatic N) is 2. The van der Waals surface area contributed by atoms with Gasteiger partial charge in [0.1, 0.15) is 12.6 Å². The molecule has 0 radical (unpaired) electrons. The van der Waals surface area contributed by atoms with Gasteiger partial charge in [-0.15, -0.1) is 0 Å². The third-order valence-electron chi connectivity index (χ3n) is 5.42. The lowest BCUT2D eigenvalue weighted by atomic mass is 10.1. The number of sulfonamides is 1. The van der Waals surface area contributed by atoms with Crippen LogP contribution < -0.4 is 19.1 Å². The van der Waals surface area contributed by atoms with E-state index >= 15 is 0 Å². The number of benzene rings is 2. The first-order valence-corrected chi connectivity index (χ1v) is 13.2. The molecule has 0 saturated carbocycles. The lowest BCUT2D eigenvalue weighted by molar-refractivity contribution is -0.139. The van der Waals surface area contributed by atoms with Crippen molar-refractivity contribution in [2.75, 3.05) is 37.9 Å². The maximum Gasteiger partial charge on any atom is 0.244 e. The van der Waals surface area contributed by atoms with Gasteiger partial charge >= 0.3 is 0 Å². The molecule has 0 bridgehead atoms. The molecule has 0 unspecified atom stereocenters. The monoisotopic (exact) mass is 505 g/mol. The van der Waals surface area contributed by atoms with E-state index < -0.39 is 28.5 Å². The quantitative estimate of drug-likeness (QED) is 0.475. The molecule has 0 aromatic heterocycles. The van der Waals surface area contributed by atoms with Crippen molar-refractivity contribution < 1.29 is 27.5 Å². The first-order chi connectivity index (χ1) is 16.5. The van der Waals surface area contributed by atoms with Crippen LogP contribution in [0.3, 0.4) is 0 Å². The summed E-state index contributed by atoms with van der Waals surface area (Å²) in [6.45, 7) is 5.09. The fourth-order valence-corrected chi connectivity index (χ4v) is 4.41. The molecule has 192 valence electrons. The normalized spacial score (nSPS) is 12.1. The summed E-state index contributed by atoms with van der Waals surface area (Å²) in [5, 5.41) is 2.82. The Labute approximate surface area is 208 Å². The van der Waals surface area contributed by atoms with Gasteiger partial charge in [-0.2, -0.15) is 0 Å². The summed E-state index contributed by atoms with van der Waals surface area (Å²) in [5.41, 5.74) is 1.25. The third-order valence-corrected chi connectivity index (χ3v) is 6.56. The van der Waals surface area contributed by atoms with Crippen LogP contribution in [-0.2, 0) is 26.0 Å². The molecule has 35 heavy (non-hydrogen) atoms. The molecular weight excluding hydrogens is 470 g/mol. The fraction of sp³-hybridized carbons (Fsp3) is 0.440. The lowest BCUT2D eigenvalue weighted by Crippen LogP contribution is -2.53. The molecule has 0 saturated heterocycles. The molecule has 0 spiro atoms. The number of rotatable bonds is 12. The highest BCUT2D eigenvalue weighted by atomic mass is 32.2. The second-order valence-electron chi connectivity index (χ2n) is 8.47. The van der Waals surface area contributed by atoms with E-state index in [4.69, 9.17) is 9.47 Å². The van der Waals surface area contributed by atoms with E-state index in [1.54, 1.807) is 19.1 Å². The van der Waals surface area contributed by atoms with Crippen molar-refractivity contribution in [2.24, 2.45) is 0 Å². The number of carbonyl (C=O) groups excluding carboxylic acids is 2.